The van der Waals surface area contributed by atoms with Crippen LogP contribution >= 0.6 is 24.0 Å². The standard InChI is InChI=1S/C19H32N4O.HI/c1-20-19(21-11-14-24-2)22-15-17-7-9-18(10-8-17)16-23-12-5-3-4-6-13-23;/h7-10H,3-6,11-16H2,1-2H3,(H2,20,21,22);1H. The van der Waals surface area contributed by atoms with Gasteiger partial charge in [0.1, 0.15) is 0 Å². The second kappa shape index (κ2) is 13.4. The zero-order chi connectivity index (χ0) is 17.0. The number of nitrogens with zero attached hydrogens (tertiary/aromatic N) is 2. The SMILES string of the molecule is CN=C(NCCOC)NCc1ccc(CN2CCCCCC2)cc1.I. The molecular weight excluding hydrogens is 427 g/mol. The molecule has 0 aromatic heterocycles. The molecule has 1 heterocycles. The van der Waals surface area contributed by atoms with Crippen molar-refractivity contribution < 1.29 is 4.74 Å². The summed E-state index contributed by atoms with van der Waals surface area (Å²) in [6.07, 6.45) is 5.47. The summed E-state index contributed by atoms with van der Waals surface area (Å²) in [4.78, 5) is 6.80. The van der Waals surface area contributed by atoms with E-state index in [1.807, 2.05) is 0 Å². The van der Waals surface area contributed by atoms with Crippen LogP contribution in [0.3, 0.4) is 0 Å². The zero-order valence-electron chi connectivity index (χ0n) is 15.6. The largest absolute Gasteiger partial charge is 0.383 e. The zero-order valence-corrected chi connectivity index (χ0v) is 17.9. The summed E-state index contributed by atoms with van der Waals surface area (Å²) in [6, 6.07) is 8.93. The quantitative estimate of drug-likeness (QED) is 0.284. The van der Waals surface area contributed by atoms with Crippen LogP contribution in [-0.4, -0.2) is 51.3 Å². The first-order chi connectivity index (χ1) is 11.8. The lowest BCUT2D eigenvalue weighted by molar-refractivity contribution is 0.203. The number of likely N-dealkylation sites (tertiary alicyclic amines) is 1. The molecule has 1 fully saturated rings. The van der Waals surface area contributed by atoms with Crippen LogP contribution in [0.2, 0.25) is 0 Å². The van der Waals surface area contributed by atoms with Crippen LogP contribution in [0.4, 0.5) is 0 Å². The number of nitrogens with one attached hydrogen (secondary N) is 2. The van der Waals surface area contributed by atoms with Crippen LogP contribution < -0.4 is 10.6 Å². The second-order valence-corrected chi connectivity index (χ2v) is 6.35. The average Bonchev–Trinajstić information content (AvgIpc) is 2.88. The van der Waals surface area contributed by atoms with Crippen molar-refractivity contribution in [1.29, 1.82) is 0 Å². The fourth-order valence-corrected chi connectivity index (χ4v) is 2.99. The molecule has 0 unspecified atom stereocenters. The Morgan fingerprint density at radius 2 is 1.68 bits per heavy atom. The minimum absolute atomic E-state index is 0. The molecule has 0 radical (unpaired) electrons. The van der Waals surface area contributed by atoms with E-state index in [-0.39, 0.29) is 24.0 Å². The van der Waals surface area contributed by atoms with Crippen LogP contribution in [0.15, 0.2) is 29.3 Å². The van der Waals surface area contributed by atoms with Gasteiger partial charge in [0.15, 0.2) is 5.96 Å². The molecule has 1 saturated heterocycles. The fraction of sp³-hybridized carbons (Fsp3) is 0.632. The van der Waals surface area contributed by atoms with Gasteiger partial charge in [-0.05, 0) is 37.1 Å². The normalized spacial score (nSPS) is 16.0. The third-order valence-corrected chi connectivity index (χ3v) is 4.41. The Labute approximate surface area is 169 Å². The van der Waals surface area contributed by atoms with Gasteiger partial charge < -0.3 is 15.4 Å². The first-order valence-corrected chi connectivity index (χ1v) is 9.05. The number of methoxy groups -OCH3 is 1. The smallest absolute Gasteiger partial charge is 0.191 e. The predicted octanol–water partition coefficient (Wildman–Crippen LogP) is 2.99. The van der Waals surface area contributed by atoms with Crippen molar-refractivity contribution in [1.82, 2.24) is 15.5 Å². The molecule has 142 valence electrons. The lowest BCUT2D eigenvalue weighted by Crippen LogP contribution is -2.38. The van der Waals surface area contributed by atoms with Crippen molar-refractivity contribution in [3.8, 4) is 0 Å². The van der Waals surface area contributed by atoms with E-state index in [9.17, 15) is 0 Å². The number of hydrogen-bond acceptors (Lipinski definition) is 3. The second-order valence-electron chi connectivity index (χ2n) is 6.35. The van der Waals surface area contributed by atoms with Gasteiger partial charge in [-0.25, -0.2) is 0 Å². The van der Waals surface area contributed by atoms with Gasteiger partial charge in [0.25, 0.3) is 0 Å². The maximum absolute atomic E-state index is 5.03. The number of hydrogen-bond donors (Lipinski definition) is 2. The number of ether oxygens (including phenoxy) is 1. The Bertz CT molecular complexity index is 485. The summed E-state index contributed by atoms with van der Waals surface area (Å²) in [7, 11) is 3.48. The molecule has 0 saturated carbocycles. The molecule has 0 bridgehead atoms. The van der Waals surface area contributed by atoms with Crippen LogP contribution in [-0.2, 0) is 17.8 Å². The molecule has 1 aromatic rings. The Morgan fingerprint density at radius 3 is 2.28 bits per heavy atom. The van der Waals surface area contributed by atoms with Crippen molar-refractivity contribution >= 4 is 29.9 Å². The van der Waals surface area contributed by atoms with Crippen molar-refractivity contribution in [3.63, 3.8) is 0 Å². The van der Waals surface area contributed by atoms with E-state index in [4.69, 9.17) is 4.74 Å². The van der Waals surface area contributed by atoms with E-state index in [0.29, 0.717) is 6.61 Å². The average molecular weight is 460 g/mol. The maximum atomic E-state index is 5.03. The van der Waals surface area contributed by atoms with Crippen LogP contribution in [0, 0.1) is 0 Å². The lowest BCUT2D eigenvalue weighted by Gasteiger charge is -2.20. The first kappa shape index (κ1) is 22.2. The van der Waals surface area contributed by atoms with E-state index in [0.717, 1.165) is 25.6 Å². The minimum Gasteiger partial charge on any atom is -0.383 e. The number of halogens is 1. The fourth-order valence-electron chi connectivity index (χ4n) is 2.99. The molecule has 0 aliphatic carbocycles. The molecule has 6 heteroatoms. The van der Waals surface area contributed by atoms with E-state index in [2.05, 4.69) is 44.8 Å². The monoisotopic (exact) mass is 460 g/mol. The molecule has 1 aliphatic heterocycles. The molecule has 0 atom stereocenters. The van der Waals surface area contributed by atoms with E-state index < -0.39 is 0 Å². The summed E-state index contributed by atoms with van der Waals surface area (Å²) in [5.41, 5.74) is 2.67. The van der Waals surface area contributed by atoms with Gasteiger partial charge in [-0.1, -0.05) is 37.1 Å². The number of guanidine groups is 1. The van der Waals surface area contributed by atoms with Crippen molar-refractivity contribution in [2.45, 2.75) is 38.8 Å². The van der Waals surface area contributed by atoms with Gasteiger partial charge in [0.2, 0.25) is 0 Å². The van der Waals surface area contributed by atoms with Crippen LogP contribution in [0.1, 0.15) is 36.8 Å². The van der Waals surface area contributed by atoms with E-state index >= 15 is 0 Å². The number of benzene rings is 1. The van der Waals surface area contributed by atoms with Gasteiger partial charge in [-0.15, -0.1) is 24.0 Å². The van der Waals surface area contributed by atoms with Crippen LogP contribution in [0.5, 0.6) is 0 Å². The van der Waals surface area contributed by atoms with Gasteiger partial charge in [0.05, 0.1) is 6.61 Å². The summed E-state index contributed by atoms with van der Waals surface area (Å²) in [5.74, 6) is 0.806. The Kier molecular flexibility index (Phi) is 11.9. The molecule has 1 aromatic carbocycles. The third-order valence-electron chi connectivity index (χ3n) is 4.41. The molecule has 2 rings (SSSR count). The molecule has 0 amide bonds. The van der Waals surface area contributed by atoms with E-state index in [1.54, 1.807) is 14.2 Å². The molecule has 2 N–H and O–H groups in total. The molecule has 1 aliphatic rings. The Balaban J connectivity index is 0.00000312. The topological polar surface area (TPSA) is 48.9 Å². The van der Waals surface area contributed by atoms with Gasteiger partial charge >= 0.3 is 0 Å². The minimum atomic E-state index is 0. The highest BCUT2D eigenvalue weighted by atomic mass is 127. The summed E-state index contributed by atoms with van der Waals surface area (Å²) in [6.45, 7) is 5.76. The van der Waals surface area contributed by atoms with Gasteiger partial charge in [-0.2, -0.15) is 0 Å². The summed E-state index contributed by atoms with van der Waals surface area (Å²) in [5, 5.41) is 6.55. The number of aliphatic imine (C=N–C) groups is 1. The Hall–Kier alpha value is -0.860. The lowest BCUT2D eigenvalue weighted by atomic mass is 10.1. The van der Waals surface area contributed by atoms with Gasteiger partial charge in [0, 0.05) is 33.8 Å². The highest BCUT2D eigenvalue weighted by Crippen LogP contribution is 2.13. The molecule has 5 nitrogen and oxygen atoms in total. The summed E-state index contributed by atoms with van der Waals surface area (Å²) < 4.78 is 5.03. The molecular formula is C19H33IN4O. The van der Waals surface area contributed by atoms with Gasteiger partial charge in [-0.3, -0.25) is 9.89 Å². The Morgan fingerprint density at radius 1 is 1.04 bits per heavy atom. The van der Waals surface area contributed by atoms with Crippen molar-refractivity contribution in [2.75, 3.05) is 40.4 Å². The highest BCUT2D eigenvalue weighted by molar-refractivity contribution is 14.0. The summed E-state index contributed by atoms with van der Waals surface area (Å²) >= 11 is 0. The van der Waals surface area contributed by atoms with E-state index in [1.165, 1.54) is 49.9 Å². The highest BCUT2D eigenvalue weighted by Gasteiger charge is 2.09. The molecule has 25 heavy (non-hydrogen) atoms. The molecule has 0 spiro atoms. The first-order valence-electron chi connectivity index (χ1n) is 9.05. The van der Waals surface area contributed by atoms with Crippen LogP contribution in [0.25, 0.3) is 0 Å². The third kappa shape index (κ3) is 8.87. The maximum Gasteiger partial charge on any atom is 0.191 e. The number of rotatable bonds is 7. The predicted molar refractivity (Wildman–Crippen MR) is 116 cm³/mol. The van der Waals surface area contributed by atoms with Crippen molar-refractivity contribution in [3.05, 3.63) is 35.4 Å². The van der Waals surface area contributed by atoms with Crippen molar-refractivity contribution in [2.24, 2.45) is 4.99 Å².